The van der Waals surface area contributed by atoms with Crippen LogP contribution in [0.4, 0.5) is 0 Å². The fourth-order valence-electron chi connectivity index (χ4n) is 3.20. The van der Waals surface area contributed by atoms with Gasteiger partial charge in [0.05, 0.1) is 6.54 Å². The smallest absolute Gasteiger partial charge is 0.253 e. The number of rotatable bonds is 4. The van der Waals surface area contributed by atoms with Crippen molar-refractivity contribution in [1.29, 1.82) is 0 Å². The highest BCUT2D eigenvalue weighted by atomic mass is 16.2. The van der Waals surface area contributed by atoms with Crippen molar-refractivity contribution in [3.05, 3.63) is 70.8 Å². The molecule has 1 aliphatic rings. The van der Waals surface area contributed by atoms with Crippen LogP contribution in [-0.4, -0.2) is 54.2 Å². The van der Waals surface area contributed by atoms with E-state index in [9.17, 15) is 9.59 Å². The van der Waals surface area contributed by atoms with Crippen molar-refractivity contribution >= 4 is 11.7 Å². The molecule has 0 N–H and O–H groups in total. The molecule has 0 unspecified atom stereocenters. The van der Waals surface area contributed by atoms with Crippen LogP contribution in [0, 0.1) is 13.8 Å². The number of carbonyl (C=O) groups excluding carboxylic acids is 2. The Bertz CT molecular complexity index is 763. The molecule has 4 heteroatoms. The minimum atomic E-state index is 0.0705. The molecule has 1 aliphatic heterocycles. The zero-order chi connectivity index (χ0) is 17.8. The van der Waals surface area contributed by atoms with Gasteiger partial charge in [-0.2, -0.15) is 0 Å². The summed E-state index contributed by atoms with van der Waals surface area (Å²) < 4.78 is 0. The number of hydrogen-bond acceptors (Lipinski definition) is 3. The van der Waals surface area contributed by atoms with Gasteiger partial charge in [0, 0.05) is 37.3 Å². The Kier molecular flexibility index (Phi) is 5.29. The summed E-state index contributed by atoms with van der Waals surface area (Å²) >= 11 is 0. The van der Waals surface area contributed by atoms with Crippen molar-refractivity contribution in [2.24, 2.45) is 0 Å². The molecule has 3 rings (SSSR count). The number of amides is 1. The lowest BCUT2D eigenvalue weighted by Crippen LogP contribution is -2.49. The van der Waals surface area contributed by atoms with E-state index in [1.165, 1.54) is 0 Å². The fraction of sp³-hybridized carbons (Fsp3) is 0.333. The van der Waals surface area contributed by atoms with Crippen molar-refractivity contribution in [3.8, 4) is 0 Å². The summed E-state index contributed by atoms with van der Waals surface area (Å²) in [6, 6.07) is 15.4. The van der Waals surface area contributed by atoms with E-state index in [-0.39, 0.29) is 11.7 Å². The molecule has 0 bridgehead atoms. The van der Waals surface area contributed by atoms with Crippen molar-refractivity contribution in [1.82, 2.24) is 9.80 Å². The number of piperazine rings is 1. The number of hydrogen-bond donors (Lipinski definition) is 0. The van der Waals surface area contributed by atoms with E-state index >= 15 is 0 Å². The largest absolute Gasteiger partial charge is 0.336 e. The van der Waals surface area contributed by atoms with Crippen molar-refractivity contribution < 1.29 is 9.59 Å². The second-order valence-corrected chi connectivity index (χ2v) is 6.68. The Labute approximate surface area is 149 Å². The molecule has 25 heavy (non-hydrogen) atoms. The maximum absolute atomic E-state index is 12.6. The van der Waals surface area contributed by atoms with Gasteiger partial charge in [-0.05, 0) is 37.6 Å². The topological polar surface area (TPSA) is 40.6 Å². The van der Waals surface area contributed by atoms with E-state index in [2.05, 4.69) is 4.90 Å². The molecular weight excluding hydrogens is 312 g/mol. The lowest BCUT2D eigenvalue weighted by molar-refractivity contribution is 0.0624. The van der Waals surface area contributed by atoms with E-state index in [4.69, 9.17) is 0 Å². The minimum absolute atomic E-state index is 0.0705. The Balaban J connectivity index is 1.57. The van der Waals surface area contributed by atoms with Crippen LogP contribution >= 0.6 is 0 Å². The first kappa shape index (κ1) is 17.4. The van der Waals surface area contributed by atoms with Crippen LogP contribution in [0.2, 0.25) is 0 Å². The summed E-state index contributed by atoms with van der Waals surface area (Å²) in [6.45, 7) is 7.18. The van der Waals surface area contributed by atoms with Crippen molar-refractivity contribution in [2.45, 2.75) is 13.8 Å². The van der Waals surface area contributed by atoms with Gasteiger partial charge < -0.3 is 4.90 Å². The molecular formula is C21H24N2O2. The molecule has 1 saturated heterocycles. The van der Waals surface area contributed by atoms with Crippen LogP contribution in [0.1, 0.15) is 31.8 Å². The van der Waals surface area contributed by atoms with Gasteiger partial charge in [0.25, 0.3) is 5.91 Å². The molecule has 1 heterocycles. The number of benzene rings is 2. The van der Waals surface area contributed by atoms with Crippen molar-refractivity contribution in [3.63, 3.8) is 0 Å². The Morgan fingerprint density at radius 1 is 0.920 bits per heavy atom. The third-order valence-corrected chi connectivity index (χ3v) is 4.74. The molecule has 2 aromatic carbocycles. The highest BCUT2D eigenvalue weighted by molar-refractivity contribution is 5.99. The molecule has 1 fully saturated rings. The second kappa shape index (κ2) is 7.62. The molecule has 2 aromatic rings. The normalized spacial score (nSPS) is 15.2. The average molecular weight is 336 g/mol. The standard InChI is InChI=1S/C21H24N2O2/c1-16-8-9-17(2)19(14-16)20(24)15-22-10-12-23(13-11-22)21(25)18-6-4-3-5-7-18/h3-9,14H,10-13,15H2,1-2H3. The van der Waals surface area contributed by atoms with Crippen LogP contribution < -0.4 is 0 Å². The van der Waals surface area contributed by atoms with Gasteiger partial charge in [0.1, 0.15) is 0 Å². The number of carbonyl (C=O) groups is 2. The van der Waals surface area contributed by atoms with E-state index in [1.807, 2.05) is 67.3 Å². The van der Waals surface area contributed by atoms with E-state index in [0.717, 1.165) is 35.3 Å². The number of ketones is 1. The van der Waals surface area contributed by atoms with Gasteiger partial charge in [-0.1, -0.05) is 35.9 Å². The molecule has 0 saturated carbocycles. The summed E-state index contributed by atoms with van der Waals surface area (Å²) in [4.78, 5) is 29.1. The summed E-state index contributed by atoms with van der Waals surface area (Å²) in [5.74, 6) is 0.227. The lowest BCUT2D eigenvalue weighted by atomic mass is 10.0. The first-order valence-electron chi connectivity index (χ1n) is 8.72. The Hall–Kier alpha value is -2.46. The summed E-state index contributed by atoms with van der Waals surface area (Å²) in [7, 11) is 0. The molecule has 0 atom stereocenters. The molecule has 130 valence electrons. The van der Waals surface area contributed by atoms with Gasteiger partial charge in [-0.25, -0.2) is 0 Å². The summed E-state index contributed by atoms with van der Waals surface area (Å²) in [6.07, 6.45) is 0. The van der Waals surface area contributed by atoms with Gasteiger partial charge in [-0.15, -0.1) is 0 Å². The predicted octanol–water partition coefficient (Wildman–Crippen LogP) is 2.94. The molecule has 0 spiro atoms. The van der Waals surface area contributed by atoms with Crippen LogP contribution in [0.5, 0.6) is 0 Å². The maximum atomic E-state index is 12.6. The second-order valence-electron chi connectivity index (χ2n) is 6.68. The lowest BCUT2D eigenvalue weighted by Gasteiger charge is -2.34. The number of nitrogens with zero attached hydrogens (tertiary/aromatic N) is 2. The van der Waals surface area contributed by atoms with Crippen LogP contribution in [0.3, 0.4) is 0 Å². The summed E-state index contributed by atoms with van der Waals surface area (Å²) in [5.41, 5.74) is 3.66. The van der Waals surface area contributed by atoms with Crippen LogP contribution in [0.15, 0.2) is 48.5 Å². The zero-order valence-corrected chi connectivity index (χ0v) is 14.9. The molecule has 4 nitrogen and oxygen atoms in total. The van der Waals surface area contributed by atoms with Crippen LogP contribution in [0.25, 0.3) is 0 Å². The van der Waals surface area contributed by atoms with Gasteiger partial charge in [0.15, 0.2) is 5.78 Å². The van der Waals surface area contributed by atoms with E-state index < -0.39 is 0 Å². The van der Waals surface area contributed by atoms with E-state index in [1.54, 1.807) is 0 Å². The van der Waals surface area contributed by atoms with E-state index in [0.29, 0.717) is 19.6 Å². The summed E-state index contributed by atoms with van der Waals surface area (Å²) in [5, 5.41) is 0. The molecule has 0 radical (unpaired) electrons. The average Bonchev–Trinajstić information content (AvgIpc) is 2.64. The zero-order valence-electron chi connectivity index (χ0n) is 14.9. The van der Waals surface area contributed by atoms with Gasteiger partial charge >= 0.3 is 0 Å². The first-order valence-corrected chi connectivity index (χ1v) is 8.72. The quantitative estimate of drug-likeness (QED) is 0.806. The molecule has 1 amide bonds. The van der Waals surface area contributed by atoms with Gasteiger partial charge in [-0.3, -0.25) is 14.5 Å². The Morgan fingerprint density at radius 2 is 1.60 bits per heavy atom. The number of Topliss-reactive ketones (excluding diaryl/α,β-unsaturated/α-hetero) is 1. The molecule has 0 aromatic heterocycles. The predicted molar refractivity (Wildman–Crippen MR) is 99.0 cm³/mol. The number of aryl methyl sites for hydroxylation is 2. The van der Waals surface area contributed by atoms with Crippen LogP contribution in [-0.2, 0) is 0 Å². The SMILES string of the molecule is Cc1ccc(C)c(C(=O)CN2CCN(C(=O)c3ccccc3)CC2)c1. The maximum Gasteiger partial charge on any atom is 0.253 e. The van der Waals surface area contributed by atoms with Crippen molar-refractivity contribution in [2.75, 3.05) is 32.7 Å². The van der Waals surface area contributed by atoms with Gasteiger partial charge in [0.2, 0.25) is 0 Å². The highest BCUT2D eigenvalue weighted by Crippen LogP contribution is 2.14. The molecule has 0 aliphatic carbocycles. The monoisotopic (exact) mass is 336 g/mol. The highest BCUT2D eigenvalue weighted by Gasteiger charge is 2.23. The third kappa shape index (κ3) is 4.15. The first-order chi connectivity index (χ1) is 12.0. The minimum Gasteiger partial charge on any atom is -0.336 e. The fourth-order valence-corrected chi connectivity index (χ4v) is 3.20. The Morgan fingerprint density at radius 3 is 2.28 bits per heavy atom. The third-order valence-electron chi connectivity index (χ3n) is 4.74.